The molecule has 0 amide bonds. The lowest BCUT2D eigenvalue weighted by molar-refractivity contribution is 0.446. The van der Waals surface area contributed by atoms with Crippen LogP contribution in [0.15, 0.2) is 99.1 Å². The Hall–Kier alpha value is -2.54. The molecule has 0 unspecified atom stereocenters. The van der Waals surface area contributed by atoms with Gasteiger partial charge in [0.05, 0.1) is 20.7 Å². The van der Waals surface area contributed by atoms with Crippen molar-refractivity contribution in [1.82, 2.24) is 4.31 Å². The molecule has 4 rings (SSSR count). The van der Waals surface area contributed by atoms with Crippen LogP contribution < -0.4 is 0 Å². The highest BCUT2D eigenvalue weighted by atomic mass is 32.2. The molecule has 0 radical (unpaired) electrons. The quantitative estimate of drug-likeness (QED) is 0.540. The molecular weight excluding hydrogens is 426 g/mol. The number of benzene rings is 3. The van der Waals surface area contributed by atoms with Crippen LogP contribution in [0.5, 0.6) is 0 Å². The summed E-state index contributed by atoms with van der Waals surface area (Å²) >= 11 is 0. The van der Waals surface area contributed by atoms with Gasteiger partial charge in [-0.1, -0.05) is 65.7 Å². The molecule has 0 spiro atoms. The third-order valence-corrected chi connectivity index (χ3v) is 9.01. The van der Waals surface area contributed by atoms with Gasteiger partial charge in [-0.25, -0.2) is 16.9 Å². The Morgan fingerprint density at radius 2 is 1.35 bits per heavy atom. The molecule has 0 saturated heterocycles. The molecule has 160 valence electrons. The second-order valence-corrected chi connectivity index (χ2v) is 11.3. The van der Waals surface area contributed by atoms with Crippen molar-refractivity contribution >= 4 is 20.8 Å². The summed E-state index contributed by atoms with van der Waals surface area (Å²) in [5, 5.41) is 0. The highest BCUT2D eigenvalue weighted by Gasteiger charge is 2.42. The summed E-state index contributed by atoms with van der Waals surface area (Å²) in [6, 6.07) is 23.2. The summed E-state index contributed by atoms with van der Waals surface area (Å²) in [6.07, 6.45) is 0. The smallest absolute Gasteiger partial charge is 0.204 e. The van der Waals surface area contributed by atoms with Gasteiger partial charge in [0.1, 0.15) is 11.0 Å². The van der Waals surface area contributed by atoms with Crippen LogP contribution >= 0.6 is 0 Å². The maximum absolute atomic E-state index is 13.7. The second-order valence-electron chi connectivity index (χ2n) is 7.91. The van der Waals surface area contributed by atoms with Crippen molar-refractivity contribution < 1.29 is 12.6 Å². The number of aryl methyl sites for hydroxylation is 2. The van der Waals surface area contributed by atoms with E-state index in [9.17, 15) is 12.6 Å². The fourth-order valence-corrected chi connectivity index (χ4v) is 7.17. The lowest BCUT2D eigenvalue weighted by Gasteiger charge is -2.26. The Bertz CT molecular complexity index is 1250. The molecule has 6 heteroatoms. The molecule has 1 aliphatic heterocycles. The largest absolute Gasteiger partial charge is 0.237 e. The number of rotatable bonds is 5. The van der Waals surface area contributed by atoms with E-state index in [4.69, 9.17) is 0 Å². The van der Waals surface area contributed by atoms with E-state index < -0.39 is 26.9 Å². The minimum atomic E-state index is -3.75. The Labute approximate surface area is 186 Å². The molecule has 0 bridgehead atoms. The van der Waals surface area contributed by atoms with Crippen LogP contribution in [0.4, 0.5) is 0 Å². The lowest BCUT2D eigenvalue weighted by Crippen LogP contribution is -2.29. The molecule has 0 aliphatic carbocycles. The fourth-order valence-electron chi connectivity index (χ4n) is 3.88. The first-order valence-electron chi connectivity index (χ1n) is 10.1. The van der Waals surface area contributed by atoms with Gasteiger partial charge >= 0.3 is 0 Å². The van der Waals surface area contributed by atoms with Crippen molar-refractivity contribution in [3.05, 3.63) is 106 Å². The summed E-state index contributed by atoms with van der Waals surface area (Å²) in [4.78, 5) is 1.24. The fraction of sp³-hybridized carbons (Fsp3) is 0.200. The van der Waals surface area contributed by atoms with E-state index in [1.54, 1.807) is 34.6 Å². The standard InChI is InChI=1S/C25H25NO3S2/c1-18-9-13-21(14-10-18)24-25(31(28,29)23-7-5-4-6-8-23)20(3)17-26(24)30(27)22-15-11-19(2)12-16-22/h4-16,24H,17H2,1-3H3/t24-,30+/m1/s1. The summed E-state index contributed by atoms with van der Waals surface area (Å²) in [6.45, 7) is 6.11. The SMILES string of the molecule is CC1=C(S(=O)(=O)c2ccccc2)[C@@H](c2ccc(C)cc2)N([S@@](=O)c2ccc(C)cc2)C1. The predicted octanol–water partition coefficient (Wildman–Crippen LogP) is 5.13. The monoisotopic (exact) mass is 451 g/mol. The second kappa shape index (κ2) is 8.54. The van der Waals surface area contributed by atoms with Gasteiger partial charge in [-0.3, -0.25) is 0 Å². The van der Waals surface area contributed by atoms with Crippen molar-refractivity contribution in [3.63, 3.8) is 0 Å². The van der Waals surface area contributed by atoms with E-state index in [1.165, 1.54) is 0 Å². The predicted molar refractivity (Wildman–Crippen MR) is 125 cm³/mol. The van der Waals surface area contributed by atoms with Gasteiger partial charge in [0, 0.05) is 6.54 Å². The van der Waals surface area contributed by atoms with E-state index in [0.717, 1.165) is 22.3 Å². The van der Waals surface area contributed by atoms with Gasteiger partial charge in [0.2, 0.25) is 9.84 Å². The third kappa shape index (κ3) is 4.15. The molecule has 3 aromatic rings. The summed E-state index contributed by atoms with van der Waals surface area (Å²) in [5.41, 5.74) is 3.70. The molecule has 0 N–H and O–H groups in total. The Balaban J connectivity index is 1.84. The molecule has 4 nitrogen and oxygen atoms in total. The summed E-state index contributed by atoms with van der Waals surface area (Å²) in [7, 11) is -5.26. The molecule has 1 heterocycles. The molecule has 3 aromatic carbocycles. The Morgan fingerprint density at radius 1 is 0.806 bits per heavy atom. The van der Waals surface area contributed by atoms with Gasteiger partial charge < -0.3 is 0 Å². The van der Waals surface area contributed by atoms with Crippen LogP contribution in [0.1, 0.15) is 29.7 Å². The summed E-state index contributed by atoms with van der Waals surface area (Å²) < 4.78 is 42.7. The number of hydrogen-bond donors (Lipinski definition) is 0. The average Bonchev–Trinajstić information content (AvgIpc) is 3.13. The Morgan fingerprint density at radius 3 is 1.94 bits per heavy atom. The first-order chi connectivity index (χ1) is 14.8. The maximum atomic E-state index is 13.7. The molecule has 0 aromatic heterocycles. The van der Waals surface area contributed by atoms with Crippen LogP contribution in [0, 0.1) is 13.8 Å². The number of nitrogens with zero attached hydrogens (tertiary/aromatic N) is 1. The molecular formula is C25H25NO3S2. The van der Waals surface area contributed by atoms with Crippen LogP contribution in [0.25, 0.3) is 0 Å². The van der Waals surface area contributed by atoms with Crippen LogP contribution in [0.2, 0.25) is 0 Å². The molecule has 0 saturated carbocycles. The first kappa shape index (κ1) is 21.7. The lowest BCUT2D eigenvalue weighted by atomic mass is 10.1. The zero-order valence-electron chi connectivity index (χ0n) is 17.8. The van der Waals surface area contributed by atoms with Crippen molar-refractivity contribution in [1.29, 1.82) is 0 Å². The van der Waals surface area contributed by atoms with Crippen molar-refractivity contribution in [3.8, 4) is 0 Å². The van der Waals surface area contributed by atoms with Crippen LogP contribution in [-0.2, 0) is 20.8 Å². The van der Waals surface area contributed by atoms with Gasteiger partial charge in [0.25, 0.3) is 0 Å². The normalized spacial score (nSPS) is 18.4. The topological polar surface area (TPSA) is 54.5 Å². The van der Waals surface area contributed by atoms with Crippen molar-refractivity contribution in [2.75, 3.05) is 6.54 Å². The molecule has 31 heavy (non-hydrogen) atoms. The number of sulfone groups is 1. The minimum Gasteiger partial charge on any atom is -0.237 e. The first-order valence-corrected chi connectivity index (χ1v) is 12.7. The highest BCUT2D eigenvalue weighted by Crippen LogP contribution is 2.44. The summed E-state index contributed by atoms with van der Waals surface area (Å²) in [5.74, 6) is 0. The highest BCUT2D eigenvalue weighted by molar-refractivity contribution is 7.95. The van der Waals surface area contributed by atoms with Gasteiger partial charge in [-0.05, 0) is 56.2 Å². The molecule has 1 aliphatic rings. The van der Waals surface area contributed by atoms with Gasteiger partial charge in [0.15, 0.2) is 0 Å². The minimum absolute atomic E-state index is 0.254. The van der Waals surface area contributed by atoms with Crippen molar-refractivity contribution in [2.24, 2.45) is 0 Å². The third-order valence-electron chi connectivity index (χ3n) is 5.52. The zero-order chi connectivity index (χ0) is 22.2. The van der Waals surface area contributed by atoms with Gasteiger partial charge in [-0.15, -0.1) is 0 Å². The zero-order valence-corrected chi connectivity index (χ0v) is 19.4. The van der Waals surface area contributed by atoms with E-state index in [1.807, 2.05) is 69.3 Å². The van der Waals surface area contributed by atoms with Crippen LogP contribution in [0.3, 0.4) is 0 Å². The number of hydrogen-bond acceptors (Lipinski definition) is 3. The van der Waals surface area contributed by atoms with Gasteiger partial charge in [-0.2, -0.15) is 0 Å². The van der Waals surface area contributed by atoms with Crippen LogP contribution in [-0.4, -0.2) is 23.5 Å². The van der Waals surface area contributed by atoms with E-state index in [2.05, 4.69) is 0 Å². The molecule has 0 fully saturated rings. The average molecular weight is 452 g/mol. The molecule has 2 atom stereocenters. The maximum Gasteiger partial charge on any atom is 0.204 e. The van der Waals surface area contributed by atoms with E-state index in [0.29, 0.717) is 16.3 Å². The van der Waals surface area contributed by atoms with E-state index >= 15 is 0 Å². The Kier molecular flexibility index (Phi) is 5.97. The van der Waals surface area contributed by atoms with E-state index in [-0.39, 0.29) is 4.90 Å². The van der Waals surface area contributed by atoms with Crippen molar-refractivity contribution in [2.45, 2.75) is 36.6 Å².